The summed E-state index contributed by atoms with van der Waals surface area (Å²) in [6.45, 7) is 2.28. The summed E-state index contributed by atoms with van der Waals surface area (Å²) >= 11 is 0. The molecule has 0 bridgehead atoms. The second-order valence-electron chi connectivity index (χ2n) is 3.69. The molecule has 0 unspecified atom stereocenters. The van der Waals surface area contributed by atoms with Crippen LogP contribution in [0.2, 0.25) is 0 Å². The molecule has 0 radical (unpaired) electrons. The van der Waals surface area contributed by atoms with Gasteiger partial charge in [0.25, 0.3) is 0 Å². The maximum atomic E-state index is 10.5. The lowest BCUT2D eigenvalue weighted by Crippen LogP contribution is -2.02. The van der Waals surface area contributed by atoms with Crippen molar-refractivity contribution in [3.8, 4) is 0 Å². The highest BCUT2D eigenvalue weighted by Crippen LogP contribution is 2.13. The van der Waals surface area contributed by atoms with E-state index in [2.05, 4.69) is 5.10 Å². The Labute approximate surface area is 92.8 Å². The fraction of sp³-hybridized carbons (Fsp3) is 0.167. The van der Waals surface area contributed by atoms with Crippen molar-refractivity contribution in [3.05, 3.63) is 42.1 Å². The molecular weight excluding hydrogens is 204 g/mol. The van der Waals surface area contributed by atoms with Crippen LogP contribution in [-0.2, 0) is 11.3 Å². The largest absolute Gasteiger partial charge is 0.478 e. The van der Waals surface area contributed by atoms with Gasteiger partial charge in [-0.15, -0.1) is 0 Å². The van der Waals surface area contributed by atoms with Gasteiger partial charge in [-0.25, -0.2) is 4.79 Å². The van der Waals surface area contributed by atoms with Gasteiger partial charge in [0.15, 0.2) is 0 Å². The lowest BCUT2D eigenvalue weighted by Gasteiger charge is -2.02. The van der Waals surface area contributed by atoms with Crippen LogP contribution in [0.3, 0.4) is 0 Å². The molecule has 4 nitrogen and oxygen atoms in total. The first-order chi connectivity index (χ1) is 7.66. The summed E-state index contributed by atoms with van der Waals surface area (Å²) < 4.78 is 1.80. The van der Waals surface area contributed by atoms with E-state index in [-0.39, 0.29) is 0 Å². The summed E-state index contributed by atoms with van der Waals surface area (Å²) in [6, 6.07) is 7.84. The van der Waals surface area contributed by atoms with E-state index < -0.39 is 5.97 Å². The number of fused-ring (bicyclic) bond motifs is 1. The number of para-hydroxylation sites is 1. The van der Waals surface area contributed by atoms with Crippen LogP contribution in [0.15, 0.2) is 42.1 Å². The van der Waals surface area contributed by atoms with E-state index in [0.29, 0.717) is 6.54 Å². The molecule has 4 heteroatoms. The van der Waals surface area contributed by atoms with E-state index in [4.69, 9.17) is 5.11 Å². The average molecular weight is 216 g/mol. The Morgan fingerprint density at radius 2 is 2.25 bits per heavy atom. The SMILES string of the molecule is CC(=CC(=O)O)Cn1ncc2ccccc21. The molecule has 0 atom stereocenters. The highest BCUT2D eigenvalue weighted by Gasteiger charge is 2.02. The first kappa shape index (κ1) is 10.4. The summed E-state index contributed by atoms with van der Waals surface area (Å²) in [5.74, 6) is -0.922. The van der Waals surface area contributed by atoms with Crippen molar-refractivity contribution in [2.75, 3.05) is 0 Å². The van der Waals surface area contributed by atoms with Crippen molar-refractivity contribution in [2.45, 2.75) is 13.5 Å². The van der Waals surface area contributed by atoms with Crippen LogP contribution >= 0.6 is 0 Å². The number of aliphatic carboxylic acids is 1. The molecular formula is C12H12N2O2. The minimum atomic E-state index is -0.922. The van der Waals surface area contributed by atoms with Crippen LogP contribution in [0.1, 0.15) is 6.92 Å². The fourth-order valence-electron chi connectivity index (χ4n) is 1.64. The fourth-order valence-corrected chi connectivity index (χ4v) is 1.64. The molecule has 0 aliphatic carbocycles. The van der Waals surface area contributed by atoms with Gasteiger partial charge in [0.2, 0.25) is 0 Å². The highest BCUT2D eigenvalue weighted by molar-refractivity contribution is 5.81. The van der Waals surface area contributed by atoms with Crippen molar-refractivity contribution in [3.63, 3.8) is 0 Å². The molecule has 0 fully saturated rings. The van der Waals surface area contributed by atoms with E-state index >= 15 is 0 Å². The average Bonchev–Trinajstić information content (AvgIpc) is 2.61. The summed E-state index contributed by atoms with van der Waals surface area (Å²) in [4.78, 5) is 10.5. The predicted octanol–water partition coefficient (Wildman–Crippen LogP) is 2.07. The van der Waals surface area contributed by atoms with Crippen molar-refractivity contribution in [1.82, 2.24) is 9.78 Å². The second-order valence-corrected chi connectivity index (χ2v) is 3.69. The Morgan fingerprint density at radius 3 is 3.00 bits per heavy atom. The van der Waals surface area contributed by atoms with Gasteiger partial charge in [-0.2, -0.15) is 5.10 Å². The first-order valence-corrected chi connectivity index (χ1v) is 4.97. The molecule has 1 aromatic heterocycles. The molecule has 1 aromatic carbocycles. The molecule has 0 saturated heterocycles. The summed E-state index contributed by atoms with van der Waals surface area (Å²) in [5, 5.41) is 13.9. The van der Waals surface area contributed by atoms with Crippen molar-refractivity contribution in [1.29, 1.82) is 0 Å². The molecule has 0 aliphatic heterocycles. The number of rotatable bonds is 3. The third-order valence-electron chi connectivity index (χ3n) is 2.32. The molecule has 16 heavy (non-hydrogen) atoms. The van der Waals surface area contributed by atoms with Gasteiger partial charge < -0.3 is 5.11 Å². The summed E-state index contributed by atoms with van der Waals surface area (Å²) in [6.07, 6.45) is 2.99. The number of benzene rings is 1. The second kappa shape index (κ2) is 4.18. The topological polar surface area (TPSA) is 55.1 Å². The first-order valence-electron chi connectivity index (χ1n) is 4.97. The monoisotopic (exact) mass is 216 g/mol. The molecule has 0 aliphatic rings. The number of nitrogens with zero attached hydrogens (tertiary/aromatic N) is 2. The Hall–Kier alpha value is -2.10. The third-order valence-corrected chi connectivity index (χ3v) is 2.32. The Morgan fingerprint density at radius 1 is 1.50 bits per heavy atom. The number of carboxylic acid groups (broad SMARTS) is 1. The molecule has 0 saturated carbocycles. The molecule has 82 valence electrons. The summed E-state index contributed by atoms with van der Waals surface area (Å²) in [7, 11) is 0. The van der Waals surface area contributed by atoms with Crippen LogP contribution < -0.4 is 0 Å². The van der Waals surface area contributed by atoms with E-state index in [9.17, 15) is 4.79 Å². The maximum Gasteiger partial charge on any atom is 0.328 e. The zero-order valence-electron chi connectivity index (χ0n) is 8.92. The van der Waals surface area contributed by atoms with Gasteiger partial charge >= 0.3 is 5.97 Å². The molecule has 1 heterocycles. The normalized spacial score (nSPS) is 11.9. The number of hydrogen-bond donors (Lipinski definition) is 1. The molecule has 2 aromatic rings. The van der Waals surface area contributed by atoms with E-state index in [0.717, 1.165) is 16.5 Å². The van der Waals surface area contributed by atoms with Crippen LogP contribution in [0, 0.1) is 0 Å². The van der Waals surface area contributed by atoms with Crippen LogP contribution in [0.25, 0.3) is 10.9 Å². The number of carboxylic acids is 1. The zero-order chi connectivity index (χ0) is 11.5. The third kappa shape index (κ3) is 2.11. The van der Waals surface area contributed by atoms with Crippen LogP contribution in [0.5, 0.6) is 0 Å². The van der Waals surface area contributed by atoms with Crippen LogP contribution in [0.4, 0.5) is 0 Å². The van der Waals surface area contributed by atoms with Crippen molar-refractivity contribution >= 4 is 16.9 Å². The smallest absolute Gasteiger partial charge is 0.328 e. The lowest BCUT2D eigenvalue weighted by atomic mass is 10.2. The Balaban J connectivity index is 2.31. The lowest BCUT2D eigenvalue weighted by molar-refractivity contribution is -0.131. The Kier molecular flexibility index (Phi) is 2.72. The Bertz CT molecular complexity index is 555. The van der Waals surface area contributed by atoms with Gasteiger partial charge in [-0.05, 0) is 18.6 Å². The number of aromatic nitrogens is 2. The predicted molar refractivity (Wildman–Crippen MR) is 61.1 cm³/mol. The van der Waals surface area contributed by atoms with E-state index in [1.165, 1.54) is 6.08 Å². The molecule has 0 amide bonds. The van der Waals surface area contributed by atoms with Gasteiger partial charge in [-0.3, -0.25) is 4.68 Å². The van der Waals surface area contributed by atoms with Gasteiger partial charge in [0.05, 0.1) is 18.3 Å². The quantitative estimate of drug-likeness (QED) is 0.799. The van der Waals surface area contributed by atoms with E-state index in [1.54, 1.807) is 17.8 Å². The van der Waals surface area contributed by atoms with Gasteiger partial charge in [0, 0.05) is 11.5 Å². The number of carbonyl (C=O) groups is 1. The summed E-state index contributed by atoms with van der Waals surface area (Å²) in [5.41, 5.74) is 1.78. The number of hydrogen-bond acceptors (Lipinski definition) is 2. The molecule has 2 rings (SSSR count). The molecule has 0 spiro atoms. The van der Waals surface area contributed by atoms with Crippen molar-refractivity contribution < 1.29 is 9.90 Å². The standard InChI is InChI=1S/C12H12N2O2/c1-9(6-12(15)16)8-14-11-5-3-2-4-10(11)7-13-14/h2-7H,8H2,1H3,(H,15,16). The zero-order valence-corrected chi connectivity index (χ0v) is 8.92. The highest BCUT2D eigenvalue weighted by atomic mass is 16.4. The van der Waals surface area contributed by atoms with Gasteiger partial charge in [-0.1, -0.05) is 18.2 Å². The number of allylic oxidation sites excluding steroid dienone is 1. The van der Waals surface area contributed by atoms with Crippen molar-refractivity contribution in [2.24, 2.45) is 0 Å². The maximum absolute atomic E-state index is 10.5. The minimum absolute atomic E-state index is 0.500. The minimum Gasteiger partial charge on any atom is -0.478 e. The van der Waals surface area contributed by atoms with Gasteiger partial charge in [0.1, 0.15) is 0 Å². The van der Waals surface area contributed by atoms with Crippen LogP contribution in [-0.4, -0.2) is 20.9 Å². The molecule has 1 N–H and O–H groups in total. The van der Waals surface area contributed by atoms with E-state index in [1.807, 2.05) is 24.3 Å².